The van der Waals surface area contributed by atoms with Crippen LogP contribution in [0.5, 0.6) is 5.75 Å². The van der Waals surface area contributed by atoms with Gasteiger partial charge in [-0.25, -0.2) is 9.97 Å². The minimum Gasteiger partial charge on any atom is -0.495 e. The monoisotopic (exact) mass is 392 g/mol. The predicted molar refractivity (Wildman–Crippen MR) is 113 cm³/mol. The summed E-state index contributed by atoms with van der Waals surface area (Å²) in [4.78, 5) is 26.0. The number of methoxy groups -OCH3 is 1. The molecule has 0 aliphatic heterocycles. The fourth-order valence-electron chi connectivity index (χ4n) is 3.09. The van der Waals surface area contributed by atoms with E-state index in [1.165, 1.54) is 0 Å². The van der Waals surface area contributed by atoms with Gasteiger partial charge in [-0.05, 0) is 50.1 Å². The highest BCUT2D eigenvalue weighted by molar-refractivity contribution is 7.18. The lowest BCUT2D eigenvalue weighted by Crippen LogP contribution is -2.09. The molecule has 0 saturated heterocycles. The van der Waals surface area contributed by atoms with Crippen LogP contribution in [0.3, 0.4) is 0 Å². The first kappa shape index (κ1) is 18.2. The van der Waals surface area contributed by atoms with E-state index in [9.17, 15) is 4.79 Å². The summed E-state index contributed by atoms with van der Waals surface area (Å²) in [5.74, 6) is 1.27. The van der Waals surface area contributed by atoms with Gasteiger partial charge in [0, 0.05) is 11.1 Å². The first-order valence-corrected chi connectivity index (χ1v) is 9.65. The molecule has 0 radical (unpaired) electrons. The average Bonchev–Trinajstić information content (AvgIpc) is 3.23. The van der Waals surface area contributed by atoms with Gasteiger partial charge >= 0.3 is 0 Å². The highest BCUT2D eigenvalue weighted by atomic mass is 32.1. The zero-order valence-electron chi connectivity index (χ0n) is 16.1. The summed E-state index contributed by atoms with van der Waals surface area (Å²) >= 11 is 1.54. The fourth-order valence-corrected chi connectivity index (χ4v) is 4.13. The molecule has 4 aromatic rings. The van der Waals surface area contributed by atoms with Crippen molar-refractivity contribution in [3.05, 3.63) is 68.6 Å². The van der Waals surface area contributed by atoms with Crippen LogP contribution >= 0.6 is 11.3 Å². The average molecular weight is 392 g/mol. The third kappa shape index (κ3) is 3.25. The number of nitrogens with one attached hydrogen (secondary N) is 1. The van der Waals surface area contributed by atoms with E-state index >= 15 is 0 Å². The summed E-state index contributed by atoms with van der Waals surface area (Å²) < 4.78 is 7.47. The van der Waals surface area contributed by atoms with Gasteiger partial charge in [-0.2, -0.15) is 0 Å². The van der Waals surface area contributed by atoms with E-state index < -0.39 is 0 Å². The lowest BCUT2D eigenvalue weighted by Gasteiger charge is -2.09. The van der Waals surface area contributed by atoms with Gasteiger partial charge in [-0.15, -0.1) is 11.3 Å². The second-order valence-corrected chi connectivity index (χ2v) is 7.80. The van der Waals surface area contributed by atoms with Gasteiger partial charge in [0.1, 0.15) is 16.4 Å². The molecule has 0 saturated carbocycles. The number of H-pyrrole nitrogens is 1. The molecular weight excluding hydrogens is 372 g/mol. The Labute approximate surface area is 166 Å². The van der Waals surface area contributed by atoms with E-state index in [0.717, 1.165) is 38.0 Å². The van der Waals surface area contributed by atoms with Crippen molar-refractivity contribution in [2.45, 2.75) is 20.8 Å². The maximum atomic E-state index is 12.4. The number of hydrogen-bond acceptors (Lipinski definition) is 5. The Hall–Kier alpha value is -3.19. The molecule has 0 fully saturated rings. The molecule has 6 nitrogen and oxygen atoms in total. The lowest BCUT2D eigenvalue weighted by molar-refractivity contribution is 0.413. The SMILES string of the molecule is COc1cc(/C=C/c2nc3sc(C)c(C)c3c(=O)[nH]2)ccc1-n1cnc(C)c1. The molecule has 0 bridgehead atoms. The van der Waals surface area contributed by atoms with Crippen molar-refractivity contribution in [3.8, 4) is 11.4 Å². The minimum atomic E-state index is -0.102. The maximum absolute atomic E-state index is 12.4. The lowest BCUT2D eigenvalue weighted by atomic mass is 10.1. The second kappa shape index (κ2) is 7.09. The molecule has 1 N–H and O–H groups in total. The summed E-state index contributed by atoms with van der Waals surface area (Å²) in [6.45, 7) is 5.91. The van der Waals surface area contributed by atoms with Gasteiger partial charge in [-0.1, -0.05) is 12.1 Å². The van der Waals surface area contributed by atoms with Crippen molar-refractivity contribution < 1.29 is 4.74 Å². The van der Waals surface area contributed by atoms with Crippen LogP contribution in [0.1, 0.15) is 27.5 Å². The largest absolute Gasteiger partial charge is 0.495 e. The van der Waals surface area contributed by atoms with Crippen molar-refractivity contribution >= 4 is 33.7 Å². The standard InChI is InChI=1S/C21H20N4O2S/c1-12-10-25(11-22-12)16-7-5-15(9-17(16)27-4)6-8-18-23-20(26)19-13(2)14(3)28-21(19)24-18/h5-11H,1-4H3,(H,23,24,26)/b8-6+. The zero-order chi connectivity index (χ0) is 19.8. The van der Waals surface area contributed by atoms with Crippen LogP contribution in [0.4, 0.5) is 0 Å². The number of fused-ring (bicyclic) bond motifs is 1. The molecule has 0 atom stereocenters. The number of aryl methyl sites for hydroxylation is 3. The number of thiophene rings is 1. The molecule has 7 heteroatoms. The van der Waals surface area contributed by atoms with Crippen molar-refractivity contribution in [1.29, 1.82) is 0 Å². The van der Waals surface area contributed by atoms with E-state index in [4.69, 9.17) is 4.74 Å². The van der Waals surface area contributed by atoms with Crippen LogP contribution in [-0.2, 0) is 0 Å². The Balaban J connectivity index is 1.68. The Kier molecular flexibility index (Phi) is 4.60. The number of aromatic nitrogens is 4. The smallest absolute Gasteiger partial charge is 0.260 e. The number of imidazole rings is 1. The van der Waals surface area contributed by atoms with Crippen molar-refractivity contribution in [1.82, 2.24) is 19.5 Å². The quantitative estimate of drug-likeness (QED) is 0.563. The fraction of sp³-hybridized carbons (Fsp3) is 0.190. The van der Waals surface area contributed by atoms with Gasteiger partial charge in [-0.3, -0.25) is 4.79 Å². The van der Waals surface area contributed by atoms with E-state index in [2.05, 4.69) is 15.0 Å². The number of aromatic amines is 1. The first-order valence-electron chi connectivity index (χ1n) is 8.83. The highest BCUT2D eigenvalue weighted by Gasteiger charge is 2.11. The molecule has 142 valence electrons. The molecule has 3 aromatic heterocycles. The Morgan fingerprint density at radius 1 is 1.21 bits per heavy atom. The second-order valence-electron chi connectivity index (χ2n) is 6.60. The van der Waals surface area contributed by atoms with Gasteiger partial charge in [0.25, 0.3) is 5.56 Å². The highest BCUT2D eigenvalue weighted by Crippen LogP contribution is 2.27. The molecule has 0 spiro atoms. The van der Waals surface area contributed by atoms with Crippen LogP contribution in [-0.4, -0.2) is 26.6 Å². The number of benzene rings is 1. The summed E-state index contributed by atoms with van der Waals surface area (Å²) in [7, 11) is 1.64. The number of rotatable bonds is 4. The van der Waals surface area contributed by atoms with Gasteiger partial charge in [0.15, 0.2) is 0 Å². The van der Waals surface area contributed by atoms with E-state index in [1.807, 2.05) is 55.8 Å². The number of ether oxygens (including phenoxy) is 1. The third-order valence-corrected chi connectivity index (χ3v) is 5.79. The summed E-state index contributed by atoms with van der Waals surface area (Å²) in [5, 5.41) is 0.682. The number of nitrogens with zero attached hydrogens (tertiary/aromatic N) is 3. The molecule has 0 aliphatic rings. The summed E-state index contributed by atoms with van der Waals surface area (Å²) in [6, 6.07) is 5.90. The molecular formula is C21H20N4O2S. The Morgan fingerprint density at radius 2 is 2.04 bits per heavy atom. The first-order chi connectivity index (χ1) is 13.5. The molecule has 28 heavy (non-hydrogen) atoms. The van der Waals surface area contributed by atoms with Crippen molar-refractivity contribution in [2.75, 3.05) is 7.11 Å². The van der Waals surface area contributed by atoms with Crippen LogP contribution in [0, 0.1) is 20.8 Å². The molecule has 1 aromatic carbocycles. The van der Waals surface area contributed by atoms with E-state index in [1.54, 1.807) is 30.8 Å². The molecule has 0 unspecified atom stereocenters. The Morgan fingerprint density at radius 3 is 2.75 bits per heavy atom. The normalized spacial score (nSPS) is 11.6. The van der Waals surface area contributed by atoms with Crippen molar-refractivity contribution in [3.63, 3.8) is 0 Å². The van der Waals surface area contributed by atoms with Crippen LogP contribution in [0.2, 0.25) is 0 Å². The van der Waals surface area contributed by atoms with Crippen LogP contribution in [0.15, 0.2) is 35.5 Å². The van der Waals surface area contributed by atoms with E-state index in [0.29, 0.717) is 11.2 Å². The van der Waals surface area contributed by atoms with Crippen LogP contribution in [0.25, 0.3) is 28.1 Å². The van der Waals surface area contributed by atoms with Gasteiger partial charge in [0.05, 0.1) is 30.2 Å². The summed E-state index contributed by atoms with van der Waals surface area (Å²) in [5.41, 5.74) is 3.70. The van der Waals surface area contributed by atoms with Crippen molar-refractivity contribution in [2.24, 2.45) is 0 Å². The summed E-state index contributed by atoms with van der Waals surface area (Å²) in [6.07, 6.45) is 7.42. The van der Waals surface area contributed by atoms with Gasteiger partial charge < -0.3 is 14.3 Å². The topological polar surface area (TPSA) is 72.8 Å². The zero-order valence-corrected chi connectivity index (χ0v) is 16.9. The molecule has 0 aliphatic carbocycles. The molecule has 3 heterocycles. The maximum Gasteiger partial charge on any atom is 0.260 e. The predicted octanol–water partition coefficient (Wildman–Crippen LogP) is 4.27. The van der Waals surface area contributed by atoms with Crippen LogP contribution < -0.4 is 10.3 Å². The van der Waals surface area contributed by atoms with Gasteiger partial charge in [0.2, 0.25) is 0 Å². The molecule has 4 rings (SSSR count). The minimum absolute atomic E-state index is 0.102. The number of hydrogen-bond donors (Lipinski definition) is 1. The molecule has 0 amide bonds. The van der Waals surface area contributed by atoms with E-state index in [-0.39, 0.29) is 5.56 Å². The third-order valence-electron chi connectivity index (χ3n) is 4.68. The Bertz CT molecular complexity index is 1260.